The number of fused-ring (bicyclic) bond motifs is 2. The normalized spacial score (nSPS) is 12.7. The molecule has 2 N–H and O–H groups in total. The average molecular weight is 316 g/mol. The van der Waals surface area contributed by atoms with Gasteiger partial charge in [0.15, 0.2) is 0 Å². The number of aromatic nitrogens is 3. The van der Waals surface area contributed by atoms with Gasteiger partial charge in [-0.1, -0.05) is 12.1 Å². The number of nitrogens with one attached hydrogen (secondary N) is 2. The zero-order valence-corrected chi connectivity index (χ0v) is 13.7. The minimum Gasteiger partial charge on any atom is -0.361 e. The monoisotopic (exact) mass is 316 g/mol. The topological polar surface area (TPSA) is 53.6 Å². The Morgan fingerprint density at radius 1 is 0.958 bits per heavy atom. The summed E-state index contributed by atoms with van der Waals surface area (Å²) in [6.07, 6.45) is 6.52. The van der Waals surface area contributed by atoms with Crippen LogP contribution in [0.4, 0.5) is 0 Å². The van der Waals surface area contributed by atoms with Crippen LogP contribution in [0.2, 0.25) is 0 Å². The van der Waals surface area contributed by atoms with Crippen LogP contribution >= 0.6 is 0 Å². The van der Waals surface area contributed by atoms with Crippen LogP contribution in [-0.4, -0.2) is 28.5 Å². The Balaban J connectivity index is 1.79. The maximum absolute atomic E-state index is 4.46. The van der Waals surface area contributed by atoms with Gasteiger partial charge in [-0.15, -0.1) is 0 Å². The quantitative estimate of drug-likeness (QED) is 0.588. The fourth-order valence-electron chi connectivity index (χ4n) is 3.30. The molecule has 0 aliphatic rings. The molecule has 0 radical (unpaired) electrons. The fraction of sp³-hybridized carbons (Fsp3) is 0.200. The van der Waals surface area contributed by atoms with Gasteiger partial charge in [0.2, 0.25) is 0 Å². The number of benzene rings is 2. The summed E-state index contributed by atoms with van der Waals surface area (Å²) in [4.78, 5) is 12.1. The van der Waals surface area contributed by atoms with Crippen molar-refractivity contribution >= 4 is 21.9 Å². The lowest BCUT2D eigenvalue weighted by Gasteiger charge is -2.18. The van der Waals surface area contributed by atoms with Gasteiger partial charge in [-0.25, -0.2) is 0 Å². The van der Waals surface area contributed by atoms with E-state index in [4.69, 9.17) is 0 Å². The minimum atomic E-state index is 0.336. The van der Waals surface area contributed by atoms with E-state index in [0.717, 1.165) is 24.0 Å². The summed E-state index contributed by atoms with van der Waals surface area (Å²) >= 11 is 0. The summed E-state index contributed by atoms with van der Waals surface area (Å²) in [5, 5.41) is 4.53. The van der Waals surface area contributed by atoms with Gasteiger partial charge < -0.3 is 10.3 Å². The number of hydrogen-bond acceptors (Lipinski definition) is 3. The lowest BCUT2D eigenvalue weighted by atomic mass is 9.87. The second kappa shape index (κ2) is 6.42. The van der Waals surface area contributed by atoms with Crippen molar-refractivity contribution in [2.45, 2.75) is 12.3 Å². The van der Waals surface area contributed by atoms with Gasteiger partial charge in [-0.3, -0.25) is 9.97 Å². The molecule has 24 heavy (non-hydrogen) atoms. The largest absolute Gasteiger partial charge is 0.361 e. The molecule has 0 aliphatic carbocycles. The summed E-state index contributed by atoms with van der Waals surface area (Å²) < 4.78 is 0. The first-order valence-electron chi connectivity index (χ1n) is 8.27. The maximum Gasteiger partial charge on any atom is 0.0889 e. The number of rotatable bonds is 5. The highest BCUT2D eigenvalue weighted by molar-refractivity contribution is 5.80. The molecule has 0 spiro atoms. The van der Waals surface area contributed by atoms with E-state index in [-0.39, 0.29) is 0 Å². The first kappa shape index (κ1) is 14.8. The number of H-pyrrole nitrogens is 1. The first-order valence-corrected chi connectivity index (χ1v) is 8.27. The van der Waals surface area contributed by atoms with Crippen molar-refractivity contribution in [1.82, 2.24) is 20.3 Å². The molecule has 120 valence electrons. The molecule has 1 atom stereocenters. The number of aromatic amines is 1. The van der Waals surface area contributed by atoms with E-state index in [1.54, 1.807) is 12.4 Å². The molecule has 2 aromatic carbocycles. The van der Waals surface area contributed by atoms with E-state index < -0.39 is 0 Å². The third-order valence-electron chi connectivity index (χ3n) is 4.56. The Morgan fingerprint density at radius 3 is 2.62 bits per heavy atom. The zero-order chi connectivity index (χ0) is 16.4. The molecule has 4 aromatic rings. The smallest absolute Gasteiger partial charge is 0.0889 e. The first-order chi connectivity index (χ1) is 11.8. The van der Waals surface area contributed by atoms with Crippen LogP contribution in [0.15, 0.2) is 61.1 Å². The summed E-state index contributed by atoms with van der Waals surface area (Å²) in [7, 11) is 2.00. The summed E-state index contributed by atoms with van der Waals surface area (Å²) in [6.45, 7) is 0.967. The van der Waals surface area contributed by atoms with Crippen LogP contribution in [-0.2, 0) is 0 Å². The van der Waals surface area contributed by atoms with E-state index >= 15 is 0 Å². The Kier molecular flexibility index (Phi) is 3.97. The Hall–Kier alpha value is -2.72. The van der Waals surface area contributed by atoms with Crippen molar-refractivity contribution in [3.05, 3.63) is 72.2 Å². The molecule has 1 unspecified atom stereocenters. The Morgan fingerprint density at radius 2 is 1.75 bits per heavy atom. The Bertz CT molecular complexity index is 973. The van der Waals surface area contributed by atoms with Crippen molar-refractivity contribution in [1.29, 1.82) is 0 Å². The molecule has 0 bridgehead atoms. The molecular formula is C20H20N4. The lowest BCUT2D eigenvalue weighted by Crippen LogP contribution is -2.13. The molecule has 0 amide bonds. The third kappa shape index (κ3) is 2.76. The summed E-state index contributed by atoms with van der Waals surface area (Å²) in [5.74, 6) is 0.336. The summed E-state index contributed by atoms with van der Waals surface area (Å²) in [5.41, 5.74) is 5.69. The zero-order valence-electron chi connectivity index (χ0n) is 13.7. The highest BCUT2D eigenvalue weighted by Gasteiger charge is 2.15. The van der Waals surface area contributed by atoms with Crippen molar-refractivity contribution in [2.75, 3.05) is 13.6 Å². The molecule has 0 saturated heterocycles. The molecular weight excluding hydrogens is 296 g/mol. The van der Waals surface area contributed by atoms with Gasteiger partial charge in [0.05, 0.1) is 11.0 Å². The van der Waals surface area contributed by atoms with Crippen LogP contribution in [0.25, 0.3) is 21.9 Å². The molecule has 4 rings (SSSR count). The van der Waals surface area contributed by atoms with Crippen LogP contribution in [0.3, 0.4) is 0 Å². The molecule has 4 heteroatoms. The number of hydrogen-bond donors (Lipinski definition) is 2. The molecule has 2 heterocycles. The average Bonchev–Trinajstić information content (AvgIpc) is 3.10. The van der Waals surface area contributed by atoms with Crippen molar-refractivity contribution in [3.8, 4) is 0 Å². The lowest BCUT2D eigenvalue weighted by molar-refractivity contribution is 0.662. The molecule has 4 nitrogen and oxygen atoms in total. The van der Waals surface area contributed by atoms with Crippen LogP contribution in [0, 0.1) is 0 Å². The van der Waals surface area contributed by atoms with E-state index in [9.17, 15) is 0 Å². The summed E-state index contributed by atoms with van der Waals surface area (Å²) in [6, 6.07) is 15.2. The SMILES string of the molecule is CNCCC(c1ccc2[nH]ccc2c1)c1ccc2nccnc2c1. The second-order valence-electron chi connectivity index (χ2n) is 6.07. The van der Waals surface area contributed by atoms with E-state index in [2.05, 4.69) is 62.7 Å². The predicted molar refractivity (Wildman–Crippen MR) is 98.2 cm³/mol. The second-order valence-corrected chi connectivity index (χ2v) is 6.07. The standard InChI is InChI=1S/C20H20N4/c1-21-8-7-17(14-2-4-18-16(12-14)6-9-22-18)15-3-5-19-20(13-15)24-11-10-23-19/h2-6,9-13,17,21-22H,7-8H2,1H3. The van der Waals surface area contributed by atoms with E-state index in [0.29, 0.717) is 5.92 Å². The molecule has 0 aliphatic heterocycles. The van der Waals surface area contributed by atoms with Gasteiger partial charge in [0, 0.05) is 30.0 Å². The highest BCUT2D eigenvalue weighted by atomic mass is 14.8. The molecule has 0 fully saturated rings. The van der Waals surface area contributed by atoms with Crippen LogP contribution in [0.5, 0.6) is 0 Å². The van der Waals surface area contributed by atoms with Gasteiger partial charge in [-0.2, -0.15) is 0 Å². The number of nitrogens with zero attached hydrogens (tertiary/aromatic N) is 2. The van der Waals surface area contributed by atoms with Gasteiger partial charge >= 0.3 is 0 Å². The van der Waals surface area contributed by atoms with Gasteiger partial charge in [0.1, 0.15) is 0 Å². The maximum atomic E-state index is 4.46. The van der Waals surface area contributed by atoms with Crippen LogP contribution in [0.1, 0.15) is 23.5 Å². The van der Waals surface area contributed by atoms with Crippen molar-refractivity contribution in [3.63, 3.8) is 0 Å². The van der Waals surface area contributed by atoms with E-state index in [1.807, 2.05) is 13.2 Å². The minimum absolute atomic E-state index is 0.336. The molecule has 2 aromatic heterocycles. The fourth-order valence-corrected chi connectivity index (χ4v) is 3.30. The third-order valence-corrected chi connectivity index (χ3v) is 4.56. The Labute approximate surface area is 141 Å². The van der Waals surface area contributed by atoms with E-state index in [1.165, 1.54) is 22.0 Å². The van der Waals surface area contributed by atoms with Gasteiger partial charge in [0.25, 0.3) is 0 Å². The predicted octanol–water partition coefficient (Wildman–Crippen LogP) is 3.85. The van der Waals surface area contributed by atoms with Crippen molar-refractivity contribution in [2.24, 2.45) is 0 Å². The van der Waals surface area contributed by atoms with Crippen LogP contribution < -0.4 is 5.32 Å². The molecule has 0 saturated carbocycles. The van der Waals surface area contributed by atoms with Crippen molar-refractivity contribution < 1.29 is 0 Å². The van der Waals surface area contributed by atoms with Gasteiger partial charge in [-0.05, 0) is 66.9 Å². The highest BCUT2D eigenvalue weighted by Crippen LogP contribution is 2.31.